The maximum Gasteiger partial charge on any atom is 0.514 e. The van der Waals surface area contributed by atoms with Gasteiger partial charge in [-0.25, -0.2) is 9.59 Å². The van der Waals surface area contributed by atoms with E-state index >= 15 is 0 Å². The van der Waals surface area contributed by atoms with Crippen LogP contribution < -0.4 is 0 Å². The number of ether oxygens (including phenoxy) is 4. The van der Waals surface area contributed by atoms with Crippen LogP contribution >= 0.6 is 0 Å². The molecule has 0 spiro atoms. The molecule has 0 aromatic heterocycles. The van der Waals surface area contributed by atoms with Gasteiger partial charge in [0.15, 0.2) is 0 Å². The standard InChI is InChI=1S/C4H4O6/c5-3-7-1-8-4(6)10-2-9-3/h1-2H2. The third-order valence-electron chi connectivity index (χ3n) is 0.707. The molecule has 0 N–H and O–H groups in total. The molecule has 6 heteroatoms. The van der Waals surface area contributed by atoms with Gasteiger partial charge in [0.25, 0.3) is 0 Å². The molecule has 1 aliphatic rings. The Morgan fingerprint density at radius 3 is 1.40 bits per heavy atom. The minimum Gasteiger partial charge on any atom is -0.396 e. The number of rotatable bonds is 0. The highest BCUT2D eigenvalue weighted by atomic mass is 16.9. The highest BCUT2D eigenvalue weighted by molar-refractivity contribution is 5.63. The molecule has 1 rings (SSSR count). The van der Waals surface area contributed by atoms with Crippen LogP contribution in [0.25, 0.3) is 0 Å². The molecule has 1 aliphatic heterocycles. The van der Waals surface area contributed by atoms with Gasteiger partial charge in [0.2, 0.25) is 13.6 Å². The SMILES string of the molecule is O=C1OCOC(=O)OCO1. The van der Waals surface area contributed by atoms with Gasteiger partial charge in [-0.2, -0.15) is 0 Å². The third kappa shape index (κ3) is 1.81. The van der Waals surface area contributed by atoms with Gasteiger partial charge >= 0.3 is 12.3 Å². The van der Waals surface area contributed by atoms with E-state index in [0.29, 0.717) is 0 Å². The molecule has 1 fully saturated rings. The Morgan fingerprint density at radius 2 is 1.10 bits per heavy atom. The molecule has 0 unspecified atom stereocenters. The first-order valence-corrected chi connectivity index (χ1v) is 2.38. The summed E-state index contributed by atoms with van der Waals surface area (Å²) >= 11 is 0. The molecule has 1 heterocycles. The lowest BCUT2D eigenvalue weighted by atomic mass is 11.1. The molecule has 0 bridgehead atoms. The zero-order valence-electron chi connectivity index (χ0n) is 4.86. The van der Waals surface area contributed by atoms with E-state index in [4.69, 9.17) is 0 Å². The topological polar surface area (TPSA) is 71.1 Å². The number of carbonyl (C=O) groups excluding carboxylic acids is 2. The monoisotopic (exact) mass is 148 g/mol. The van der Waals surface area contributed by atoms with Crippen LogP contribution in [0.3, 0.4) is 0 Å². The van der Waals surface area contributed by atoms with E-state index < -0.39 is 25.9 Å². The number of cyclic esters (lactones) is 4. The quantitative estimate of drug-likeness (QED) is 0.457. The lowest BCUT2D eigenvalue weighted by Gasteiger charge is -2.10. The van der Waals surface area contributed by atoms with Crippen LogP contribution in [-0.2, 0) is 18.9 Å². The fourth-order valence-electron chi connectivity index (χ4n) is 0.335. The van der Waals surface area contributed by atoms with Gasteiger partial charge < -0.3 is 18.9 Å². The van der Waals surface area contributed by atoms with E-state index in [2.05, 4.69) is 18.9 Å². The van der Waals surface area contributed by atoms with E-state index in [9.17, 15) is 9.59 Å². The minimum atomic E-state index is -0.924. The molecule has 6 nitrogen and oxygen atoms in total. The molecule has 56 valence electrons. The summed E-state index contributed by atoms with van der Waals surface area (Å²) in [6.45, 7) is -0.949. The molecule has 0 saturated carbocycles. The summed E-state index contributed by atoms with van der Waals surface area (Å²) in [5.74, 6) is 0. The molecule has 1 saturated heterocycles. The van der Waals surface area contributed by atoms with Crippen LogP contribution in [0.15, 0.2) is 0 Å². The molecule has 0 radical (unpaired) electrons. The van der Waals surface area contributed by atoms with Crippen molar-refractivity contribution in [3.05, 3.63) is 0 Å². The summed E-state index contributed by atoms with van der Waals surface area (Å²) < 4.78 is 16.7. The van der Waals surface area contributed by atoms with Crippen LogP contribution in [0.5, 0.6) is 0 Å². The summed E-state index contributed by atoms with van der Waals surface area (Å²) in [4.78, 5) is 20.5. The zero-order valence-corrected chi connectivity index (χ0v) is 4.86. The summed E-state index contributed by atoms with van der Waals surface area (Å²) in [5.41, 5.74) is 0. The third-order valence-corrected chi connectivity index (χ3v) is 0.707. The maximum absolute atomic E-state index is 10.2. The van der Waals surface area contributed by atoms with Crippen LogP contribution in [-0.4, -0.2) is 25.9 Å². The van der Waals surface area contributed by atoms with E-state index in [-0.39, 0.29) is 0 Å². The second kappa shape index (κ2) is 2.90. The Morgan fingerprint density at radius 1 is 0.800 bits per heavy atom. The first-order chi connectivity index (χ1) is 4.79. The molecular formula is C4H4O6. The van der Waals surface area contributed by atoms with Crippen LogP contribution in [0.2, 0.25) is 0 Å². The average molecular weight is 148 g/mol. The first kappa shape index (κ1) is 6.66. The predicted molar refractivity (Wildman–Crippen MR) is 24.9 cm³/mol. The highest BCUT2D eigenvalue weighted by Crippen LogP contribution is 1.94. The smallest absolute Gasteiger partial charge is 0.396 e. The fraction of sp³-hybridized carbons (Fsp3) is 0.500. The van der Waals surface area contributed by atoms with Gasteiger partial charge in [-0.15, -0.1) is 0 Å². The predicted octanol–water partition coefficient (Wildman–Crippen LogP) is 0.221. The van der Waals surface area contributed by atoms with E-state index in [1.165, 1.54) is 0 Å². The minimum absolute atomic E-state index is 0.475. The van der Waals surface area contributed by atoms with Gasteiger partial charge in [-0.1, -0.05) is 0 Å². The van der Waals surface area contributed by atoms with Crippen LogP contribution in [0.4, 0.5) is 9.59 Å². The van der Waals surface area contributed by atoms with Crippen molar-refractivity contribution in [1.82, 2.24) is 0 Å². The second-order valence-corrected chi connectivity index (χ2v) is 1.31. The van der Waals surface area contributed by atoms with Crippen molar-refractivity contribution in [2.45, 2.75) is 0 Å². The van der Waals surface area contributed by atoms with Crippen molar-refractivity contribution in [2.24, 2.45) is 0 Å². The van der Waals surface area contributed by atoms with Crippen molar-refractivity contribution in [2.75, 3.05) is 13.6 Å². The van der Waals surface area contributed by atoms with Crippen molar-refractivity contribution in [3.63, 3.8) is 0 Å². The summed E-state index contributed by atoms with van der Waals surface area (Å²) in [7, 11) is 0. The normalized spacial score (nSPS) is 18.8. The Bertz CT molecular complexity index is 122. The van der Waals surface area contributed by atoms with Crippen molar-refractivity contribution in [1.29, 1.82) is 0 Å². The Balaban J connectivity index is 2.34. The molecule has 0 atom stereocenters. The second-order valence-electron chi connectivity index (χ2n) is 1.31. The van der Waals surface area contributed by atoms with Crippen molar-refractivity contribution >= 4 is 12.3 Å². The van der Waals surface area contributed by atoms with Crippen molar-refractivity contribution in [3.8, 4) is 0 Å². The summed E-state index contributed by atoms with van der Waals surface area (Å²) in [5, 5.41) is 0. The zero-order chi connectivity index (χ0) is 7.40. The molecule has 0 aromatic carbocycles. The average Bonchev–Trinajstić information content (AvgIpc) is 1.84. The van der Waals surface area contributed by atoms with Crippen molar-refractivity contribution < 1.29 is 28.5 Å². The lowest BCUT2D eigenvalue weighted by molar-refractivity contribution is -0.101. The van der Waals surface area contributed by atoms with Crippen LogP contribution in [0.1, 0.15) is 0 Å². The lowest BCUT2D eigenvalue weighted by Crippen LogP contribution is -2.21. The number of hydrogen-bond donors (Lipinski definition) is 0. The van der Waals surface area contributed by atoms with Crippen LogP contribution in [0, 0.1) is 0 Å². The van der Waals surface area contributed by atoms with E-state index in [1.807, 2.05) is 0 Å². The Kier molecular flexibility index (Phi) is 1.93. The van der Waals surface area contributed by atoms with E-state index in [1.54, 1.807) is 0 Å². The maximum atomic E-state index is 10.2. The van der Waals surface area contributed by atoms with Gasteiger partial charge in [0, 0.05) is 0 Å². The molecule has 0 amide bonds. The van der Waals surface area contributed by atoms with Gasteiger partial charge in [0.05, 0.1) is 0 Å². The molecule has 0 aliphatic carbocycles. The van der Waals surface area contributed by atoms with Gasteiger partial charge in [-0.05, 0) is 0 Å². The highest BCUT2D eigenvalue weighted by Gasteiger charge is 2.12. The molecular weight excluding hydrogens is 144 g/mol. The fourth-order valence-corrected chi connectivity index (χ4v) is 0.335. The molecule has 10 heavy (non-hydrogen) atoms. The Hall–Kier alpha value is -1.46. The number of hydrogen-bond acceptors (Lipinski definition) is 6. The first-order valence-electron chi connectivity index (χ1n) is 2.38. The summed E-state index contributed by atoms with van der Waals surface area (Å²) in [6.07, 6.45) is -1.85. The van der Waals surface area contributed by atoms with Gasteiger partial charge in [-0.3, -0.25) is 0 Å². The van der Waals surface area contributed by atoms with E-state index in [0.717, 1.165) is 0 Å². The summed E-state index contributed by atoms with van der Waals surface area (Å²) in [6, 6.07) is 0. The number of carbonyl (C=O) groups is 2. The Labute approximate surface area is 55.6 Å². The molecule has 0 aromatic rings. The largest absolute Gasteiger partial charge is 0.514 e. The van der Waals surface area contributed by atoms with Gasteiger partial charge in [0.1, 0.15) is 0 Å².